The van der Waals surface area contributed by atoms with Crippen molar-refractivity contribution in [3.8, 4) is 0 Å². The number of rotatable bonds is 4. The molecule has 1 N–H and O–H groups in total. The van der Waals surface area contributed by atoms with Gasteiger partial charge in [-0.1, -0.05) is 24.3 Å². The van der Waals surface area contributed by atoms with Gasteiger partial charge in [-0.3, -0.25) is 4.79 Å². The molecule has 3 rings (SSSR count). The normalized spacial score (nSPS) is 23.8. The molecule has 22 heavy (non-hydrogen) atoms. The van der Waals surface area contributed by atoms with Crippen molar-refractivity contribution in [2.24, 2.45) is 11.8 Å². The zero-order valence-corrected chi connectivity index (χ0v) is 14.2. The van der Waals surface area contributed by atoms with Crippen LogP contribution in [-0.4, -0.2) is 37.5 Å². The average Bonchev–Trinajstić information content (AvgIpc) is 2.96. The van der Waals surface area contributed by atoms with Gasteiger partial charge in [0.1, 0.15) is 0 Å². The van der Waals surface area contributed by atoms with Crippen molar-refractivity contribution in [2.75, 3.05) is 26.7 Å². The van der Waals surface area contributed by atoms with Gasteiger partial charge in [0.25, 0.3) is 0 Å². The summed E-state index contributed by atoms with van der Waals surface area (Å²) in [6, 6.07) is 8.70. The maximum absolute atomic E-state index is 12.5. The number of hydrogen-bond donors (Lipinski definition) is 1. The Hall–Kier alpha value is -1.06. The fourth-order valence-electron chi connectivity index (χ4n) is 3.84. The molecule has 4 heteroatoms. The van der Waals surface area contributed by atoms with Crippen LogP contribution in [0.15, 0.2) is 24.3 Å². The quantitative estimate of drug-likeness (QED) is 0.924. The standard InChI is InChI=1S/C18H26N2O.ClH/c1-19-12-15-8-9-20(13-15)18(21)11-14-6-7-16-4-2-3-5-17(16)10-14;/h2-5,14-15,19H,6-13H2,1H3;1H. The van der Waals surface area contributed by atoms with Crippen LogP contribution < -0.4 is 5.32 Å². The molecule has 2 aliphatic rings. The fourth-order valence-corrected chi connectivity index (χ4v) is 3.84. The van der Waals surface area contributed by atoms with Crippen LogP contribution in [0.5, 0.6) is 0 Å². The number of nitrogens with zero attached hydrogens (tertiary/aromatic N) is 1. The first-order valence-electron chi connectivity index (χ1n) is 8.25. The monoisotopic (exact) mass is 322 g/mol. The molecule has 1 saturated heterocycles. The van der Waals surface area contributed by atoms with Crippen LogP contribution in [0, 0.1) is 11.8 Å². The van der Waals surface area contributed by atoms with Crippen LogP contribution in [0.25, 0.3) is 0 Å². The molecule has 1 aromatic rings. The predicted molar refractivity (Wildman–Crippen MR) is 92.4 cm³/mol. The maximum Gasteiger partial charge on any atom is 0.222 e. The first kappa shape index (κ1) is 17.3. The van der Waals surface area contributed by atoms with Crippen LogP contribution in [0.3, 0.4) is 0 Å². The highest BCUT2D eigenvalue weighted by molar-refractivity contribution is 5.85. The predicted octanol–water partition coefficient (Wildman–Crippen LogP) is 2.67. The van der Waals surface area contributed by atoms with Gasteiger partial charge in [0.15, 0.2) is 0 Å². The Kier molecular flexibility index (Phi) is 6.27. The summed E-state index contributed by atoms with van der Waals surface area (Å²) in [4.78, 5) is 14.6. The molecule has 1 aromatic carbocycles. The average molecular weight is 323 g/mol. The number of amides is 1. The summed E-state index contributed by atoms with van der Waals surface area (Å²) in [7, 11) is 1.99. The van der Waals surface area contributed by atoms with E-state index >= 15 is 0 Å². The van der Waals surface area contributed by atoms with Gasteiger partial charge >= 0.3 is 0 Å². The van der Waals surface area contributed by atoms with Gasteiger partial charge in [-0.05, 0) is 62.2 Å². The van der Waals surface area contributed by atoms with Gasteiger partial charge in [-0.25, -0.2) is 0 Å². The molecule has 0 aromatic heterocycles. The van der Waals surface area contributed by atoms with Crippen molar-refractivity contribution < 1.29 is 4.79 Å². The Morgan fingerprint density at radius 3 is 2.77 bits per heavy atom. The van der Waals surface area contributed by atoms with Crippen molar-refractivity contribution in [3.05, 3.63) is 35.4 Å². The molecule has 0 spiro atoms. The molecule has 1 fully saturated rings. The lowest BCUT2D eigenvalue weighted by Gasteiger charge is -2.26. The topological polar surface area (TPSA) is 32.3 Å². The van der Waals surface area contributed by atoms with Crippen LogP contribution in [0.2, 0.25) is 0 Å². The number of carbonyl (C=O) groups excluding carboxylic acids is 1. The molecule has 1 aliphatic heterocycles. The number of aryl methyl sites for hydroxylation is 1. The van der Waals surface area contributed by atoms with Crippen LogP contribution in [0.1, 0.15) is 30.4 Å². The largest absolute Gasteiger partial charge is 0.342 e. The molecular weight excluding hydrogens is 296 g/mol. The molecule has 1 aliphatic carbocycles. The Morgan fingerprint density at radius 1 is 1.23 bits per heavy atom. The first-order chi connectivity index (χ1) is 10.3. The molecule has 0 radical (unpaired) electrons. The second-order valence-corrected chi connectivity index (χ2v) is 6.63. The Labute approximate surface area is 139 Å². The van der Waals surface area contributed by atoms with Gasteiger partial charge in [0.05, 0.1) is 0 Å². The van der Waals surface area contributed by atoms with E-state index in [1.807, 2.05) is 7.05 Å². The summed E-state index contributed by atoms with van der Waals surface area (Å²) in [5.41, 5.74) is 2.94. The van der Waals surface area contributed by atoms with Crippen LogP contribution in [0.4, 0.5) is 0 Å². The summed E-state index contributed by atoms with van der Waals surface area (Å²) in [5, 5.41) is 3.22. The third kappa shape index (κ3) is 4.02. The maximum atomic E-state index is 12.5. The minimum Gasteiger partial charge on any atom is -0.342 e. The van der Waals surface area contributed by atoms with E-state index in [-0.39, 0.29) is 12.4 Å². The van der Waals surface area contributed by atoms with E-state index in [1.54, 1.807) is 0 Å². The number of fused-ring (bicyclic) bond motifs is 1. The number of benzene rings is 1. The van der Waals surface area contributed by atoms with Gasteiger partial charge < -0.3 is 10.2 Å². The number of likely N-dealkylation sites (tertiary alicyclic amines) is 1. The zero-order chi connectivity index (χ0) is 14.7. The third-order valence-corrected chi connectivity index (χ3v) is 5.04. The number of hydrogen-bond acceptors (Lipinski definition) is 2. The van der Waals surface area contributed by atoms with E-state index in [0.717, 1.165) is 51.7 Å². The van der Waals surface area contributed by atoms with Gasteiger partial charge in [0.2, 0.25) is 5.91 Å². The zero-order valence-electron chi connectivity index (χ0n) is 13.4. The minimum atomic E-state index is 0. The van der Waals surface area contributed by atoms with Crippen LogP contribution in [-0.2, 0) is 17.6 Å². The highest BCUT2D eigenvalue weighted by Gasteiger charge is 2.28. The second-order valence-electron chi connectivity index (χ2n) is 6.63. The van der Waals surface area contributed by atoms with E-state index in [2.05, 4.69) is 34.5 Å². The van der Waals surface area contributed by atoms with Gasteiger partial charge in [-0.15, -0.1) is 12.4 Å². The van der Waals surface area contributed by atoms with Crippen molar-refractivity contribution >= 4 is 18.3 Å². The molecule has 0 bridgehead atoms. The minimum absolute atomic E-state index is 0. The number of carbonyl (C=O) groups is 1. The molecule has 2 unspecified atom stereocenters. The lowest BCUT2D eigenvalue weighted by atomic mass is 9.82. The van der Waals surface area contributed by atoms with E-state index in [9.17, 15) is 4.79 Å². The smallest absolute Gasteiger partial charge is 0.222 e. The van der Waals surface area contributed by atoms with E-state index in [0.29, 0.717) is 17.7 Å². The van der Waals surface area contributed by atoms with Crippen molar-refractivity contribution in [1.82, 2.24) is 10.2 Å². The van der Waals surface area contributed by atoms with E-state index in [4.69, 9.17) is 0 Å². The van der Waals surface area contributed by atoms with E-state index < -0.39 is 0 Å². The lowest BCUT2D eigenvalue weighted by Crippen LogP contribution is -2.32. The highest BCUT2D eigenvalue weighted by atomic mass is 35.5. The molecule has 3 nitrogen and oxygen atoms in total. The Morgan fingerprint density at radius 2 is 2.00 bits per heavy atom. The molecule has 1 heterocycles. The SMILES string of the molecule is CNCC1CCN(C(=O)CC2CCc3ccccc3C2)C1.Cl. The second kappa shape index (κ2) is 7.98. The highest BCUT2D eigenvalue weighted by Crippen LogP contribution is 2.28. The summed E-state index contributed by atoms with van der Waals surface area (Å²) in [6.07, 6.45) is 5.27. The van der Waals surface area contributed by atoms with Crippen molar-refractivity contribution in [3.63, 3.8) is 0 Å². The van der Waals surface area contributed by atoms with Crippen LogP contribution >= 0.6 is 12.4 Å². The fraction of sp³-hybridized carbons (Fsp3) is 0.611. The van der Waals surface area contributed by atoms with Crippen molar-refractivity contribution in [1.29, 1.82) is 0 Å². The Bertz CT molecular complexity index is 506. The molecular formula is C18H27ClN2O. The first-order valence-corrected chi connectivity index (χ1v) is 8.25. The molecule has 2 atom stereocenters. The van der Waals surface area contributed by atoms with E-state index in [1.165, 1.54) is 11.1 Å². The molecule has 1 amide bonds. The molecule has 0 saturated carbocycles. The van der Waals surface area contributed by atoms with Crippen molar-refractivity contribution in [2.45, 2.75) is 32.1 Å². The summed E-state index contributed by atoms with van der Waals surface area (Å²) >= 11 is 0. The third-order valence-electron chi connectivity index (χ3n) is 5.04. The number of nitrogens with one attached hydrogen (secondary N) is 1. The summed E-state index contributed by atoms with van der Waals surface area (Å²) in [6.45, 7) is 2.93. The Balaban J connectivity index is 0.00000176. The lowest BCUT2D eigenvalue weighted by molar-refractivity contribution is -0.131. The summed E-state index contributed by atoms with van der Waals surface area (Å²) in [5.74, 6) is 1.56. The number of halogens is 1. The summed E-state index contributed by atoms with van der Waals surface area (Å²) < 4.78 is 0. The van der Waals surface area contributed by atoms with Gasteiger partial charge in [0, 0.05) is 19.5 Å². The van der Waals surface area contributed by atoms with Gasteiger partial charge in [-0.2, -0.15) is 0 Å². The molecule has 122 valence electrons.